The maximum absolute atomic E-state index is 13.8. The van der Waals surface area contributed by atoms with E-state index in [2.05, 4.69) is 4.98 Å². The number of carbonyl (C=O) groups excluding carboxylic acids is 4. The summed E-state index contributed by atoms with van der Waals surface area (Å²) in [6.07, 6.45) is -0.581. The first-order chi connectivity index (χ1) is 21.3. The standard InChI is InChI=1S/C34H34FN3O7/c1-33(2,3)45-32(42)37-16-24-25(17-37)28(24)44-27-15-20(14-26(36-27)19-10-12-21(35)13-11-19)34(4,31(41)43-5)18-38-29(39)22-8-6-7-9-23(22)30(38)40/h6-15,24-25,28H,16-18H2,1-5H3/t24-,25+,28?,34?. The van der Waals surface area contributed by atoms with Gasteiger partial charge >= 0.3 is 12.1 Å². The number of aromatic nitrogens is 1. The summed E-state index contributed by atoms with van der Waals surface area (Å²) in [5.41, 5.74) is -0.200. The molecule has 45 heavy (non-hydrogen) atoms. The van der Waals surface area contributed by atoms with Gasteiger partial charge in [-0.2, -0.15) is 0 Å². The van der Waals surface area contributed by atoms with Gasteiger partial charge in [0.05, 0.1) is 23.9 Å². The number of likely N-dealkylation sites (tertiary alicyclic amines) is 1. The SMILES string of the molecule is COC(=O)C(C)(CN1C(=O)c2ccccc2C1=O)c1cc(OC2[C@H]3CN(C(=O)OC(C)(C)C)C[C@@H]23)nc(-c2ccc(F)cc2)c1. The molecule has 1 aliphatic carbocycles. The van der Waals surface area contributed by atoms with Gasteiger partial charge < -0.3 is 19.1 Å². The molecule has 1 aromatic heterocycles. The number of amides is 3. The lowest BCUT2D eigenvalue weighted by atomic mass is 9.81. The molecule has 0 spiro atoms. The van der Waals surface area contributed by atoms with E-state index in [4.69, 9.17) is 14.2 Å². The van der Waals surface area contributed by atoms with Crippen LogP contribution in [0.4, 0.5) is 9.18 Å². The van der Waals surface area contributed by atoms with Crippen molar-refractivity contribution in [2.75, 3.05) is 26.7 Å². The molecule has 3 aromatic rings. The Hall–Kier alpha value is -4.80. The number of fused-ring (bicyclic) bond motifs is 2. The molecule has 3 aliphatic rings. The Morgan fingerprint density at radius 1 is 0.933 bits per heavy atom. The summed E-state index contributed by atoms with van der Waals surface area (Å²) in [5, 5.41) is 0. The largest absolute Gasteiger partial charge is 0.474 e. The molecular formula is C34H34FN3O7. The monoisotopic (exact) mass is 615 g/mol. The highest BCUT2D eigenvalue weighted by Gasteiger charge is 2.59. The second-order valence-electron chi connectivity index (χ2n) is 12.9. The van der Waals surface area contributed by atoms with Gasteiger partial charge in [0, 0.05) is 43.1 Å². The van der Waals surface area contributed by atoms with E-state index in [0.29, 0.717) is 29.9 Å². The summed E-state index contributed by atoms with van der Waals surface area (Å²) in [7, 11) is 1.24. The van der Waals surface area contributed by atoms with Crippen LogP contribution in [-0.2, 0) is 19.7 Å². The predicted molar refractivity (Wildman–Crippen MR) is 160 cm³/mol. The molecule has 0 N–H and O–H groups in total. The number of ether oxygens (including phenoxy) is 3. The van der Waals surface area contributed by atoms with Gasteiger partial charge in [-0.25, -0.2) is 14.2 Å². The number of pyridine rings is 1. The molecule has 6 rings (SSSR count). The Morgan fingerprint density at radius 2 is 1.53 bits per heavy atom. The molecule has 10 nitrogen and oxygen atoms in total. The molecule has 2 unspecified atom stereocenters. The van der Waals surface area contributed by atoms with E-state index < -0.39 is 34.6 Å². The van der Waals surface area contributed by atoms with Crippen LogP contribution in [0.5, 0.6) is 5.88 Å². The van der Waals surface area contributed by atoms with Gasteiger partial charge in [-0.05, 0) is 75.7 Å². The number of piperidine rings is 1. The molecule has 234 valence electrons. The Labute approximate surface area is 260 Å². The number of carbonyl (C=O) groups is 4. The highest BCUT2D eigenvalue weighted by molar-refractivity contribution is 6.21. The Balaban J connectivity index is 1.31. The molecule has 3 heterocycles. The molecule has 2 fully saturated rings. The van der Waals surface area contributed by atoms with Crippen LogP contribution in [0.1, 0.15) is 54.0 Å². The van der Waals surface area contributed by atoms with Gasteiger partial charge in [0.25, 0.3) is 11.8 Å². The minimum absolute atomic E-state index is 0.0857. The highest BCUT2D eigenvalue weighted by Crippen LogP contribution is 2.48. The number of esters is 1. The molecule has 3 amide bonds. The van der Waals surface area contributed by atoms with Crippen molar-refractivity contribution in [1.82, 2.24) is 14.8 Å². The van der Waals surface area contributed by atoms with Crippen molar-refractivity contribution < 1.29 is 37.8 Å². The molecule has 0 radical (unpaired) electrons. The molecular weight excluding hydrogens is 581 g/mol. The lowest BCUT2D eigenvalue weighted by Gasteiger charge is -2.31. The summed E-state index contributed by atoms with van der Waals surface area (Å²) >= 11 is 0. The molecule has 4 atom stereocenters. The van der Waals surface area contributed by atoms with Crippen LogP contribution in [0.3, 0.4) is 0 Å². The summed E-state index contributed by atoms with van der Waals surface area (Å²) in [4.78, 5) is 60.0. The number of methoxy groups -OCH3 is 1. The van der Waals surface area contributed by atoms with Crippen molar-refractivity contribution in [3.63, 3.8) is 0 Å². The summed E-state index contributed by atoms with van der Waals surface area (Å²) < 4.78 is 30.9. The first-order valence-electron chi connectivity index (χ1n) is 14.8. The van der Waals surface area contributed by atoms with Crippen molar-refractivity contribution in [2.24, 2.45) is 11.8 Å². The number of imide groups is 1. The van der Waals surface area contributed by atoms with E-state index in [-0.39, 0.29) is 47.6 Å². The molecule has 0 bridgehead atoms. The number of benzene rings is 2. The second-order valence-corrected chi connectivity index (χ2v) is 12.9. The zero-order valence-electron chi connectivity index (χ0n) is 25.7. The minimum atomic E-state index is -1.51. The Bertz CT molecular complexity index is 1660. The van der Waals surface area contributed by atoms with Crippen molar-refractivity contribution in [3.05, 3.63) is 83.2 Å². The summed E-state index contributed by atoms with van der Waals surface area (Å²) in [6.45, 7) is 7.73. The fourth-order valence-electron chi connectivity index (χ4n) is 6.11. The molecule has 2 aromatic carbocycles. The van der Waals surface area contributed by atoms with E-state index in [1.165, 1.54) is 19.2 Å². The average Bonchev–Trinajstić information content (AvgIpc) is 3.31. The van der Waals surface area contributed by atoms with Gasteiger partial charge in [0.2, 0.25) is 5.88 Å². The lowest BCUT2D eigenvalue weighted by molar-refractivity contribution is -0.147. The smallest absolute Gasteiger partial charge is 0.410 e. The van der Waals surface area contributed by atoms with Crippen LogP contribution in [0.15, 0.2) is 60.7 Å². The second kappa shape index (κ2) is 11.0. The van der Waals surface area contributed by atoms with Crippen LogP contribution < -0.4 is 4.74 Å². The maximum atomic E-state index is 13.8. The van der Waals surface area contributed by atoms with E-state index in [1.807, 2.05) is 20.8 Å². The Kier molecular flexibility index (Phi) is 7.37. The van der Waals surface area contributed by atoms with E-state index in [1.54, 1.807) is 60.4 Å². The van der Waals surface area contributed by atoms with Crippen molar-refractivity contribution in [1.29, 1.82) is 0 Å². The van der Waals surface area contributed by atoms with Gasteiger partial charge in [-0.15, -0.1) is 0 Å². The average molecular weight is 616 g/mol. The number of nitrogens with zero attached hydrogens (tertiary/aromatic N) is 3. The third-order valence-corrected chi connectivity index (χ3v) is 8.59. The van der Waals surface area contributed by atoms with E-state index >= 15 is 0 Å². The third-order valence-electron chi connectivity index (χ3n) is 8.59. The van der Waals surface area contributed by atoms with Crippen molar-refractivity contribution in [2.45, 2.75) is 44.8 Å². The van der Waals surface area contributed by atoms with Gasteiger partial charge in [0.1, 0.15) is 22.9 Å². The van der Waals surface area contributed by atoms with Crippen molar-refractivity contribution in [3.8, 4) is 17.1 Å². The number of hydrogen-bond acceptors (Lipinski definition) is 8. The van der Waals surface area contributed by atoms with Gasteiger partial charge in [-0.3, -0.25) is 19.3 Å². The van der Waals surface area contributed by atoms with Crippen molar-refractivity contribution >= 4 is 23.9 Å². The normalized spacial score (nSPS) is 21.6. The fourth-order valence-corrected chi connectivity index (χ4v) is 6.11. The predicted octanol–water partition coefficient (Wildman–Crippen LogP) is 4.86. The number of halogens is 1. The van der Waals surface area contributed by atoms with Crippen LogP contribution in [0.2, 0.25) is 0 Å². The van der Waals surface area contributed by atoms with E-state index in [0.717, 1.165) is 4.90 Å². The zero-order chi connectivity index (χ0) is 32.3. The van der Waals surface area contributed by atoms with Crippen LogP contribution in [-0.4, -0.2) is 77.1 Å². The number of hydrogen-bond donors (Lipinski definition) is 0. The highest BCUT2D eigenvalue weighted by atomic mass is 19.1. The third kappa shape index (κ3) is 5.63. The number of rotatable bonds is 7. The Morgan fingerprint density at radius 3 is 2.09 bits per heavy atom. The van der Waals surface area contributed by atoms with E-state index in [9.17, 15) is 23.6 Å². The van der Waals surface area contributed by atoms with Crippen LogP contribution in [0, 0.1) is 17.7 Å². The zero-order valence-corrected chi connectivity index (χ0v) is 25.7. The lowest BCUT2D eigenvalue weighted by Crippen LogP contribution is -2.47. The topological polar surface area (TPSA) is 115 Å². The first-order valence-corrected chi connectivity index (χ1v) is 14.8. The van der Waals surface area contributed by atoms with Crippen LogP contribution >= 0.6 is 0 Å². The summed E-state index contributed by atoms with van der Waals surface area (Å²) in [5.74, 6) is -1.71. The molecule has 2 aliphatic heterocycles. The first kappa shape index (κ1) is 30.2. The molecule has 1 saturated carbocycles. The van der Waals surface area contributed by atoms with Crippen LogP contribution in [0.25, 0.3) is 11.3 Å². The molecule has 1 saturated heterocycles. The van der Waals surface area contributed by atoms with Gasteiger partial charge in [0.15, 0.2) is 0 Å². The summed E-state index contributed by atoms with van der Waals surface area (Å²) in [6, 6.07) is 15.5. The van der Waals surface area contributed by atoms with Gasteiger partial charge in [-0.1, -0.05) is 12.1 Å². The fraction of sp³-hybridized carbons (Fsp3) is 0.382. The molecule has 11 heteroatoms. The maximum Gasteiger partial charge on any atom is 0.410 e. The minimum Gasteiger partial charge on any atom is -0.474 e. The quantitative estimate of drug-likeness (QED) is 0.274.